The Kier molecular flexibility index (Phi) is 4.73. The van der Waals surface area contributed by atoms with E-state index >= 15 is 0 Å². The minimum absolute atomic E-state index is 0.289. The molecule has 0 bridgehead atoms. The van der Waals surface area contributed by atoms with Crippen molar-refractivity contribution >= 4 is 11.3 Å². The molecule has 1 fully saturated rings. The van der Waals surface area contributed by atoms with Crippen molar-refractivity contribution in [1.82, 2.24) is 5.32 Å². The fourth-order valence-electron chi connectivity index (χ4n) is 3.22. The third-order valence-electron chi connectivity index (χ3n) is 4.69. The molecule has 0 saturated heterocycles. The highest BCUT2D eigenvalue weighted by molar-refractivity contribution is 7.12. The smallest absolute Gasteiger partial charge is 0.0302 e. The number of hydrogen-bond donors (Lipinski definition) is 1. The molecule has 1 N–H and O–H groups in total. The van der Waals surface area contributed by atoms with E-state index in [4.69, 9.17) is 0 Å². The van der Waals surface area contributed by atoms with Crippen molar-refractivity contribution in [3.05, 3.63) is 21.9 Å². The van der Waals surface area contributed by atoms with Crippen molar-refractivity contribution < 1.29 is 0 Å². The summed E-state index contributed by atoms with van der Waals surface area (Å²) in [7, 11) is 0. The highest BCUT2D eigenvalue weighted by Crippen LogP contribution is 2.34. The highest BCUT2D eigenvalue weighted by atomic mass is 32.1. The maximum Gasteiger partial charge on any atom is 0.0302 e. The van der Waals surface area contributed by atoms with Crippen LogP contribution in [-0.2, 0) is 12.0 Å². The maximum absolute atomic E-state index is 3.79. The van der Waals surface area contributed by atoms with E-state index in [1.807, 2.05) is 11.3 Å². The van der Waals surface area contributed by atoms with Gasteiger partial charge in [0.2, 0.25) is 0 Å². The molecule has 1 saturated carbocycles. The van der Waals surface area contributed by atoms with Gasteiger partial charge in [-0.25, -0.2) is 0 Å². The Labute approximate surface area is 122 Å². The van der Waals surface area contributed by atoms with Gasteiger partial charge < -0.3 is 5.32 Å². The van der Waals surface area contributed by atoms with Crippen LogP contribution in [0.1, 0.15) is 63.6 Å². The summed E-state index contributed by atoms with van der Waals surface area (Å²) in [6.45, 7) is 12.7. The van der Waals surface area contributed by atoms with Crippen LogP contribution in [0.2, 0.25) is 0 Å². The highest BCUT2D eigenvalue weighted by Gasteiger charge is 2.31. The Balaban J connectivity index is 1.88. The van der Waals surface area contributed by atoms with E-state index in [-0.39, 0.29) is 5.41 Å². The molecule has 1 nitrogen and oxygen atoms in total. The molecule has 1 aromatic heterocycles. The predicted molar refractivity (Wildman–Crippen MR) is 85.8 cm³/mol. The second-order valence-electron chi connectivity index (χ2n) is 7.11. The summed E-state index contributed by atoms with van der Waals surface area (Å²) < 4.78 is 0. The number of hydrogen-bond acceptors (Lipinski definition) is 2. The van der Waals surface area contributed by atoms with Gasteiger partial charge >= 0.3 is 0 Å². The molecule has 2 heteroatoms. The van der Waals surface area contributed by atoms with E-state index in [0.717, 1.165) is 24.4 Å². The molecule has 108 valence electrons. The van der Waals surface area contributed by atoms with E-state index < -0.39 is 0 Å². The van der Waals surface area contributed by atoms with Crippen LogP contribution in [-0.4, -0.2) is 6.04 Å². The van der Waals surface area contributed by atoms with Gasteiger partial charge in [0.1, 0.15) is 0 Å². The fraction of sp³-hybridized carbons (Fsp3) is 0.765. The summed E-state index contributed by atoms with van der Waals surface area (Å²) in [4.78, 5) is 2.98. The van der Waals surface area contributed by atoms with Gasteiger partial charge in [0.15, 0.2) is 0 Å². The molecule has 0 radical (unpaired) electrons. The van der Waals surface area contributed by atoms with Crippen LogP contribution in [0.25, 0.3) is 0 Å². The molecule has 2 rings (SSSR count). The van der Waals surface area contributed by atoms with Crippen molar-refractivity contribution in [3.8, 4) is 0 Å². The average Bonchev–Trinajstić information content (AvgIpc) is 2.93. The lowest BCUT2D eigenvalue weighted by molar-refractivity contribution is 0.345. The first-order valence-electron chi connectivity index (χ1n) is 7.74. The molecular weight excluding hydrogens is 250 g/mol. The molecule has 0 amide bonds. The third-order valence-corrected chi connectivity index (χ3v) is 6.20. The zero-order chi connectivity index (χ0) is 14.0. The molecule has 1 aromatic rings. The van der Waals surface area contributed by atoms with Crippen LogP contribution in [0, 0.1) is 11.8 Å². The lowest BCUT2D eigenvalue weighted by atomic mass is 9.93. The van der Waals surface area contributed by atoms with Crippen molar-refractivity contribution in [1.29, 1.82) is 0 Å². The van der Waals surface area contributed by atoms with Crippen LogP contribution in [0.3, 0.4) is 0 Å². The SMILES string of the molecule is CCC1CCC(NCc2ccc(C(C)(C)C)s2)C1C. The Hall–Kier alpha value is -0.340. The average molecular weight is 279 g/mol. The van der Waals surface area contributed by atoms with Crippen molar-refractivity contribution in [2.24, 2.45) is 11.8 Å². The van der Waals surface area contributed by atoms with E-state index in [1.165, 1.54) is 29.0 Å². The first-order valence-corrected chi connectivity index (χ1v) is 8.56. The molecule has 0 spiro atoms. The van der Waals surface area contributed by atoms with Gasteiger partial charge in [-0.3, -0.25) is 0 Å². The third kappa shape index (κ3) is 3.61. The summed E-state index contributed by atoms with van der Waals surface area (Å²) >= 11 is 1.97. The van der Waals surface area contributed by atoms with Crippen molar-refractivity contribution in [3.63, 3.8) is 0 Å². The van der Waals surface area contributed by atoms with Gasteiger partial charge in [0, 0.05) is 22.3 Å². The molecule has 3 unspecified atom stereocenters. The van der Waals surface area contributed by atoms with E-state index in [9.17, 15) is 0 Å². The minimum atomic E-state index is 0.289. The molecular formula is C17H29NS. The van der Waals surface area contributed by atoms with Crippen LogP contribution in [0.4, 0.5) is 0 Å². The second-order valence-corrected chi connectivity index (χ2v) is 8.28. The first kappa shape index (κ1) is 15.1. The van der Waals surface area contributed by atoms with E-state index in [0.29, 0.717) is 0 Å². The van der Waals surface area contributed by atoms with Gasteiger partial charge in [-0.2, -0.15) is 0 Å². The zero-order valence-corrected chi connectivity index (χ0v) is 13.9. The lowest BCUT2D eigenvalue weighted by Gasteiger charge is -2.20. The molecule has 1 aliphatic rings. The molecule has 0 aliphatic heterocycles. The summed E-state index contributed by atoms with van der Waals surface area (Å²) in [6.07, 6.45) is 4.11. The quantitative estimate of drug-likeness (QED) is 0.821. The molecule has 0 aromatic carbocycles. The summed E-state index contributed by atoms with van der Waals surface area (Å²) in [5, 5.41) is 3.79. The number of nitrogens with one attached hydrogen (secondary N) is 1. The Morgan fingerprint density at radius 1 is 1.26 bits per heavy atom. The molecule has 3 atom stereocenters. The molecule has 19 heavy (non-hydrogen) atoms. The topological polar surface area (TPSA) is 12.0 Å². The van der Waals surface area contributed by atoms with Crippen molar-refractivity contribution in [2.45, 2.75) is 71.9 Å². The van der Waals surface area contributed by atoms with Gasteiger partial charge in [-0.05, 0) is 42.2 Å². The van der Waals surface area contributed by atoms with Crippen LogP contribution in [0.5, 0.6) is 0 Å². The minimum Gasteiger partial charge on any atom is -0.309 e. The van der Waals surface area contributed by atoms with Gasteiger partial charge in [-0.1, -0.05) is 41.0 Å². The van der Waals surface area contributed by atoms with Crippen LogP contribution in [0.15, 0.2) is 12.1 Å². The largest absolute Gasteiger partial charge is 0.309 e. The van der Waals surface area contributed by atoms with Gasteiger partial charge in [-0.15, -0.1) is 11.3 Å². The van der Waals surface area contributed by atoms with Gasteiger partial charge in [0.25, 0.3) is 0 Å². The molecule has 1 heterocycles. The van der Waals surface area contributed by atoms with Gasteiger partial charge in [0.05, 0.1) is 0 Å². The fourth-order valence-corrected chi connectivity index (χ4v) is 4.24. The maximum atomic E-state index is 3.79. The second kappa shape index (κ2) is 5.97. The Bertz CT molecular complexity index is 402. The van der Waals surface area contributed by atoms with Crippen molar-refractivity contribution in [2.75, 3.05) is 0 Å². The van der Waals surface area contributed by atoms with E-state index in [2.05, 4.69) is 52.1 Å². The standard InChI is InChI=1S/C17H29NS/c1-6-13-7-9-15(12(13)2)18-11-14-8-10-16(19-14)17(3,4)5/h8,10,12-13,15,18H,6-7,9,11H2,1-5H3. The predicted octanol–water partition coefficient (Wildman–Crippen LogP) is 4.96. The molecule has 1 aliphatic carbocycles. The first-order chi connectivity index (χ1) is 8.91. The summed E-state index contributed by atoms with van der Waals surface area (Å²) in [6, 6.07) is 5.33. The van der Waals surface area contributed by atoms with E-state index in [1.54, 1.807) is 0 Å². The summed E-state index contributed by atoms with van der Waals surface area (Å²) in [5.74, 6) is 1.78. The van der Waals surface area contributed by atoms with Crippen LogP contribution >= 0.6 is 11.3 Å². The summed E-state index contributed by atoms with van der Waals surface area (Å²) in [5.41, 5.74) is 0.289. The number of thiophene rings is 1. The zero-order valence-electron chi connectivity index (χ0n) is 13.1. The lowest BCUT2D eigenvalue weighted by Crippen LogP contribution is -2.31. The number of rotatable bonds is 4. The Morgan fingerprint density at radius 3 is 2.53 bits per heavy atom. The van der Waals surface area contributed by atoms with Crippen LogP contribution < -0.4 is 5.32 Å². The Morgan fingerprint density at radius 2 is 2.00 bits per heavy atom. The monoisotopic (exact) mass is 279 g/mol. The normalized spacial score (nSPS) is 27.9.